The van der Waals surface area contributed by atoms with E-state index >= 15 is 0 Å². The number of halogens is 1. The molecule has 1 aliphatic heterocycles. The summed E-state index contributed by atoms with van der Waals surface area (Å²) in [7, 11) is 0. The van der Waals surface area contributed by atoms with Gasteiger partial charge in [-0.1, -0.05) is 59.0 Å². The lowest BCUT2D eigenvalue weighted by molar-refractivity contribution is -0.145. The van der Waals surface area contributed by atoms with E-state index in [0.29, 0.717) is 45.0 Å². The lowest BCUT2D eigenvalue weighted by Crippen LogP contribution is -2.27. The SMILES string of the molecule is CCOc1cc(/C=C2/SC(=S)N(c3cccc(Br)c3)C2=O)ccc1OC(CC)C(=O)O. The van der Waals surface area contributed by atoms with Gasteiger partial charge in [-0.05, 0) is 55.3 Å². The molecule has 0 aromatic heterocycles. The van der Waals surface area contributed by atoms with E-state index in [0.717, 1.165) is 4.47 Å². The van der Waals surface area contributed by atoms with E-state index in [1.807, 2.05) is 31.2 Å². The number of thioether (sulfide) groups is 1. The Morgan fingerprint density at radius 1 is 1.26 bits per heavy atom. The Hall–Kier alpha value is -2.36. The van der Waals surface area contributed by atoms with Crippen molar-refractivity contribution in [2.45, 2.75) is 26.4 Å². The highest BCUT2D eigenvalue weighted by molar-refractivity contribution is 9.10. The fraction of sp³-hybridized carbons (Fsp3) is 0.227. The first-order valence-corrected chi connectivity index (χ1v) is 11.6. The van der Waals surface area contributed by atoms with E-state index < -0.39 is 12.1 Å². The van der Waals surface area contributed by atoms with Crippen molar-refractivity contribution in [2.24, 2.45) is 0 Å². The Bertz CT molecular complexity index is 1060. The molecule has 1 heterocycles. The molecule has 9 heteroatoms. The highest BCUT2D eigenvalue weighted by Crippen LogP contribution is 2.38. The lowest BCUT2D eigenvalue weighted by Gasteiger charge is -2.17. The summed E-state index contributed by atoms with van der Waals surface area (Å²) >= 11 is 10.1. The molecule has 1 saturated heterocycles. The second-order valence-electron chi connectivity index (χ2n) is 6.49. The molecule has 2 aromatic rings. The third-order valence-corrected chi connectivity index (χ3v) is 6.14. The van der Waals surface area contributed by atoms with Crippen molar-refractivity contribution in [1.29, 1.82) is 0 Å². The van der Waals surface area contributed by atoms with Gasteiger partial charge < -0.3 is 14.6 Å². The molecule has 0 aliphatic carbocycles. The van der Waals surface area contributed by atoms with Gasteiger partial charge in [-0.15, -0.1) is 0 Å². The summed E-state index contributed by atoms with van der Waals surface area (Å²) in [6.07, 6.45) is 1.09. The highest BCUT2D eigenvalue weighted by atomic mass is 79.9. The third-order valence-electron chi connectivity index (χ3n) is 4.34. The van der Waals surface area contributed by atoms with Crippen LogP contribution < -0.4 is 14.4 Å². The Kier molecular flexibility index (Phi) is 7.74. The fourth-order valence-corrected chi connectivity index (χ4v) is 4.58. The Labute approximate surface area is 198 Å². The second-order valence-corrected chi connectivity index (χ2v) is 9.08. The van der Waals surface area contributed by atoms with E-state index in [1.165, 1.54) is 16.7 Å². The molecule has 0 radical (unpaired) electrons. The number of anilines is 1. The Balaban J connectivity index is 1.89. The first-order chi connectivity index (χ1) is 14.8. The van der Waals surface area contributed by atoms with Crippen molar-refractivity contribution in [3.05, 3.63) is 57.4 Å². The zero-order valence-corrected chi connectivity index (χ0v) is 20.1. The van der Waals surface area contributed by atoms with Gasteiger partial charge in [0.25, 0.3) is 5.91 Å². The van der Waals surface area contributed by atoms with E-state index in [1.54, 1.807) is 31.2 Å². The number of hydrogen-bond acceptors (Lipinski definition) is 6. The minimum absolute atomic E-state index is 0.205. The molecule has 1 fully saturated rings. The van der Waals surface area contributed by atoms with Crippen LogP contribution in [0.1, 0.15) is 25.8 Å². The highest BCUT2D eigenvalue weighted by Gasteiger charge is 2.33. The maximum Gasteiger partial charge on any atom is 0.344 e. The summed E-state index contributed by atoms with van der Waals surface area (Å²) in [5.74, 6) is -0.484. The quantitative estimate of drug-likeness (QED) is 0.363. The molecule has 1 N–H and O–H groups in total. The molecule has 1 atom stereocenters. The molecule has 0 spiro atoms. The monoisotopic (exact) mass is 521 g/mol. The number of carboxylic acids is 1. The molecular formula is C22H20BrNO5S2. The maximum atomic E-state index is 13.0. The smallest absolute Gasteiger partial charge is 0.344 e. The second kappa shape index (κ2) is 10.3. The molecule has 1 unspecified atom stereocenters. The van der Waals surface area contributed by atoms with E-state index in [-0.39, 0.29) is 5.91 Å². The number of thiocarbonyl (C=S) groups is 1. The van der Waals surface area contributed by atoms with Crippen LogP contribution in [0.5, 0.6) is 11.5 Å². The van der Waals surface area contributed by atoms with Crippen LogP contribution in [0.4, 0.5) is 5.69 Å². The number of nitrogens with zero attached hydrogens (tertiary/aromatic N) is 1. The number of ether oxygens (including phenoxy) is 2. The van der Waals surface area contributed by atoms with Crippen LogP contribution in [0.15, 0.2) is 51.8 Å². The van der Waals surface area contributed by atoms with Crippen molar-refractivity contribution >= 4 is 67.9 Å². The number of carboxylic acid groups (broad SMARTS) is 1. The Morgan fingerprint density at radius 2 is 2.03 bits per heavy atom. The summed E-state index contributed by atoms with van der Waals surface area (Å²) in [5, 5.41) is 9.25. The fourth-order valence-electron chi connectivity index (χ4n) is 2.90. The number of carbonyl (C=O) groups excluding carboxylic acids is 1. The third kappa shape index (κ3) is 5.47. The average molecular weight is 522 g/mol. The maximum absolute atomic E-state index is 13.0. The van der Waals surface area contributed by atoms with Crippen LogP contribution in [0.3, 0.4) is 0 Å². The molecule has 1 aliphatic rings. The molecule has 31 heavy (non-hydrogen) atoms. The number of carbonyl (C=O) groups is 2. The summed E-state index contributed by atoms with van der Waals surface area (Å²) in [4.78, 5) is 26.3. The van der Waals surface area contributed by atoms with Crippen molar-refractivity contribution < 1.29 is 24.2 Å². The van der Waals surface area contributed by atoms with Crippen molar-refractivity contribution in [3.8, 4) is 11.5 Å². The standard InChI is InChI=1S/C22H20BrNO5S2/c1-3-16(21(26)27)29-17-9-8-13(10-18(17)28-4-2)11-19-20(25)24(22(30)31-19)15-7-5-6-14(23)12-15/h5-12,16H,3-4H2,1-2H3,(H,26,27)/b19-11+. The predicted octanol–water partition coefficient (Wildman–Crippen LogP) is 5.50. The van der Waals surface area contributed by atoms with Gasteiger partial charge in [0.15, 0.2) is 21.9 Å². The van der Waals surface area contributed by atoms with Crippen molar-refractivity contribution in [3.63, 3.8) is 0 Å². The van der Waals surface area contributed by atoms with E-state index in [4.69, 9.17) is 21.7 Å². The molecular weight excluding hydrogens is 502 g/mol. The van der Waals surface area contributed by atoms with Crippen molar-refractivity contribution in [1.82, 2.24) is 0 Å². The van der Waals surface area contributed by atoms with Crippen LogP contribution in [0.2, 0.25) is 0 Å². The molecule has 1 amide bonds. The van der Waals surface area contributed by atoms with Gasteiger partial charge >= 0.3 is 5.97 Å². The summed E-state index contributed by atoms with van der Waals surface area (Å²) in [5.41, 5.74) is 1.41. The number of amides is 1. The minimum atomic E-state index is -1.04. The number of aliphatic carboxylic acids is 1. The van der Waals surface area contributed by atoms with Gasteiger partial charge in [-0.3, -0.25) is 9.69 Å². The summed E-state index contributed by atoms with van der Waals surface area (Å²) in [6, 6.07) is 12.5. The first kappa shape index (κ1) is 23.3. The zero-order valence-electron chi connectivity index (χ0n) is 16.8. The topological polar surface area (TPSA) is 76.1 Å². The van der Waals surface area contributed by atoms with Crippen LogP contribution in [-0.4, -0.2) is 34.0 Å². The molecule has 0 bridgehead atoms. The van der Waals surface area contributed by atoms with Gasteiger partial charge in [-0.2, -0.15) is 0 Å². The van der Waals surface area contributed by atoms with Crippen molar-refractivity contribution in [2.75, 3.05) is 11.5 Å². The van der Waals surface area contributed by atoms with E-state index in [2.05, 4.69) is 15.9 Å². The normalized spacial score (nSPS) is 16.0. The van der Waals surface area contributed by atoms with Crippen LogP contribution >= 0.6 is 39.9 Å². The molecule has 0 saturated carbocycles. The molecule has 3 rings (SSSR count). The van der Waals surface area contributed by atoms with Crippen LogP contribution in [0.25, 0.3) is 6.08 Å². The molecule has 2 aromatic carbocycles. The minimum Gasteiger partial charge on any atom is -0.490 e. The predicted molar refractivity (Wildman–Crippen MR) is 130 cm³/mol. The van der Waals surface area contributed by atoms with Gasteiger partial charge in [0.1, 0.15) is 0 Å². The molecule has 162 valence electrons. The Morgan fingerprint density at radius 3 is 2.68 bits per heavy atom. The van der Waals surface area contributed by atoms with Gasteiger partial charge in [0.2, 0.25) is 0 Å². The number of hydrogen-bond donors (Lipinski definition) is 1. The number of rotatable bonds is 8. The van der Waals surface area contributed by atoms with Gasteiger partial charge in [0, 0.05) is 4.47 Å². The van der Waals surface area contributed by atoms with Gasteiger partial charge in [-0.25, -0.2) is 4.79 Å². The van der Waals surface area contributed by atoms with Gasteiger partial charge in [0.05, 0.1) is 17.2 Å². The number of benzene rings is 2. The lowest BCUT2D eigenvalue weighted by atomic mass is 10.1. The summed E-state index contributed by atoms with van der Waals surface area (Å²) in [6.45, 7) is 3.95. The average Bonchev–Trinajstić information content (AvgIpc) is 3.00. The van der Waals surface area contributed by atoms with Crippen LogP contribution in [0, 0.1) is 0 Å². The van der Waals surface area contributed by atoms with E-state index in [9.17, 15) is 14.7 Å². The largest absolute Gasteiger partial charge is 0.490 e. The summed E-state index contributed by atoms with van der Waals surface area (Å²) < 4.78 is 12.5. The van der Waals surface area contributed by atoms with Crippen LogP contribution in [-0.2, 0) is 9.59 Å². The zero-order chi connectivity index (χ0) is 22.5. The molecule has 6 nitrogen and oxygen atoms in total. The first-order valence-electron chi connectivity index (χ1n) is 9.53.